The molecule has 19 heavy (non-hydrogen) atoms. The molecule has 4 N–H and O–H groups in total. The van der Waals surface area contributed by atoms with Crippen LogP contribution in [0.5, 0.6) is 0 Å². The smallest absolute Gasteiger partial charge is 0.243 e. The molecule has 1 heterocycles. The number of anilines is 1. The monoisotopic (exact) mass is 285 g/mol. The first-order valence-corrected chi connectivity index (χ1v) is 7.58. The van der Waals surface area contributed by atoms with Crippen LogP contribution in [0.2, 0.25) is 0 Å². The van der Waals surface area contributed by atoms with Gasteiger partial charge >= 0.3 is 0 Å². The number of ether oxygens (including phenoxy) is 1. The Kier molecular flexibility index (Phi) is 3.82. The summed E-state index contributed by atoms with van der Waals surface area (Å²) in [6, 6.07) is 6.51. The summed E-state index contributed by atoms with van der Waals surface area (Å²) in [5.41, 5.74) is 2.17. The van der Waals surface area contributed by atoms with Gasteiger partial charge in [-0.1, -0.05) is 12.1 Å². The number of hydrogen-bond acceptors (Lipinski definition) is 5. The number of nitrogen functional groups attached to an aromatic ring is 1. The van der Waals surface area contributed by atoms with Gasteiger partial charge in [0.05, 0.1) is 17.3 Å². The molecule has 1 aliphatic heterocycles. The van der Waals surface area contributed by atoms with Gasteiger partial charge in [0, 0.05) is 6.61 Å². The number of hydrazine groups is 1. The van der Waals surface area contributed by atoms with Crippen molar-refractivity contribution >= 4 is 15.7 Å². The topological polar surface area (TPSA) is 93.4 Å². The second kappa shape index (κ2) is 5.09. The number of hydrogen-bond donors (Lipinski definition) is 3. The van der Waals surface area contributed by atoms with E-state index in [-0.39, 0.29) is 11.0 Å². The SMILES string of the molecule is CC1OCCC1(C)NS(=O)(=O)c1ccccc1NN. The summed E-state index contributed by atoms with van der Waals surface area (Å²) in [6.45, 7) is 4.26. The van der Waals surface area contributed by atoms with Crippen LogP contribution in [0.3, 0.4) is 0 Å². The van der Waals surface area contributed by atoms with Crippen molar-refractivity contribution in [3.05, 3.63) is 24.3 Å². The van der Waals surface area contributed by atoms with Crippen LogP contribution in [0.4, 0.5) is 5.69 Å². The van der Waals surface area contributed by atoms with Crippen LogP contribution in [0, 0.1) is 0 Å². The lowest BCUT2D eigenvalue weighted by atomic mass is 9.97. The van der Waals surface area contributed by atoms with Gasteiger partial charge in [0.1, 0.15) is 4.90 Å². The first-order chi connectivity index (χ1) is 8.89. The molecule has 0 aliphatic carbocycles. The summed E-state index contributed by atoms with van der Waals surface area (Å²) in [5.74, 6) is 5.35. The standard InChI is InChI=1S/C12H19N3O3S/c1-9-12(2,7-8-18-9)15-19(16,17)11-6-4-3-5-10(11)14-13/h3-6,9,14-15H,7-8,13H2,1-2H3. The lowest BCUT2D eigenvalue weighted by molar-refractivity contribution is 0.0957. The summed E-state index contributed by atoms with van der Waals surface area (Å²) < 4.78 is 33.1. The summed E-state index contributed by atoms with van der Waals surface area (Å²) in [4.78, 5) is 0.137. The van der Waals surface area contributed by atoms with E-state index in [1.807, 2.05) is 13.8 Å². The predicted octanol–water partition coefficient (Wildman–Crippen LogP) is 0.818. The van der Waals surface area contributed by atoms with Crippen molar-refractivity contribution in [1.29, 1.82) is 0 Å². The lowest BCUT2D eigenvalue weighted by Gasteiger charge is -2.28. The van der Waals surface area contributed by atoms with E-state index in [4.69, 9.17) is 10.6 Å². The van der Waals surface area contributed by atoms with E-state index in [0.717, 1.165) is 0 Å². The highest BCUT2D eigenvalue weighted by Crippen LogP contribution is 2.29. The zero-order valence-corrected chi connectivity index (χ0v) is 11.8. The minimum absolute atomic E-state index is 0.137. The Hall–Kier alpha value is -1.15. The van der Waals surface area contributed by atoms with E-state index < -0.39 is 15.6 Å². The van der Waals surface area contributed by atoms with Crippen molar-refractivity contribution in [2.45, 2.75) is 36.8 Å². The minimum Gasteiger partial charge on any atom is -0.376 e. The van der Waals surface area contributed by atoms with Crippen molar-refractivity contribution < 1.29 is 13.2 Å². The van der Waals surface area contributed by atoms with Crippen LogP contribution in [-0.4, -0.2) is 26.7 Å². The molecule has 106 valence electrons. The van der Waals surface area contributed by atoms with Crippen LogP contribution in [0.1, 0.15) is 20.3 Å². The average molecular weight is 285 g/mol. The molecule has 0 spiro atoms. The van der Waals surface area contributed by atoms with Crippen LogP contribution in [0.25, 0.3) is 0 Å². The quantitative estimate of drug-likeness (QED) is 0.562. The molecule has 0 radical (unpaired) electrons. The second-order valence-electron chi connectivity index (χ2n) is 4.93. The third-order valence-electron chi connectivity index (χ3n) is 3.59. The molecule has 0 amide bonds. The second-order valence-corrected chi connectivity index (χ2v) is 6.58. The lowest BCUT2D eigenvalue weighted by Crippen LogP contribution is -2.50. The van der Waals surface area contributed by atoms with Crippen LogP contribution in [-0.2, 0) is 14.8 Å². The van der Waals surface area contributed by atoms with Gasteiger partial charge in [-0.2, -0.15) is 0 Å². The molecule has 2 atom stereocenters. The van der Waals surface area contributed by atoms with E-state index in [1.54, 1.807) is 18.2 Å². The number of rotatable bonds is 4. The first-order valence-electron chi connectivity index (χ1n) is 6.10. The minimum atomic E-state index is -3.65. The number of nitrogens with one attached hydrogen (secondary N) is 2. The van der Waals surface area contributed by atoms with E-state index in [9.17, 15) is 8.42 Å². The van der Waals surface area contributed by atoms with E-state index in [0.29, 0.717) is 18.7 Å². The highest BCUT2D eigenvalue weighted by atomic mass is 32.2. The molecule has 2 unspecified atom stereocenters. The van der Waals surface area contributed by atoms with Crippen molar-refractivity contribution in [3.63, 3.8) is 0 Å². The van der Waals surface area contributed by atoms with Crippen molar-refractivity contribution in [2.24, 2.45) is 5.84 Å². The Morgan fingerprint density at radius 2 is 2.11 bits per heavy atom. The number of sulfonamides is 1. The normalized spacial score (nSPS) is 27.4. The van der Waals surface area contributed by atoms with E-state index in [1.165, 1.54) is 6.07 Å². The zero-order chi connectivity index (χ0) is 14.1. The molecule has 0 aromatic heterocycles. The first kappa shape index (κ1) is 14.3. The third-order valence-corrected chi connectivity index (χ3v) is 5.26. The zero-order valence-electron chi connectivity index (χ0n) is 11.0. The Bertz CT molecular complexity index is 561. The predicted molar refractivity (Wildman–Crippen MR) is 73.0 cm³/mol. The van der Waals surface area contributed by atoms with Gasteiger partial charge in [0.25, 0.3) is 0 Å². The summed E-state index contributed by atoms with van der Waals surface area (Å²) in [7, 11) is -3.65. The molecule has 0 saturated carbocycles. The Morgan fingerprint density at radius 3 is 2.68 bits per heavy atom. The molecule has 1 aromatic rings. The fraction of sp³-hybridized carbons (Fsp3) is 0.500. The Morgan fingerprint density at radius 1 is 1.42 bits per heavy atom. The molecule has 1 aliphatic rings. The van der Waals surface area contributed by atoms with Gasteiger partial charge in [0.15, 0.2) is 0 Å². The maximum absolute atomic E-state index is 12.5. The highest BCUT2D eigenvalue weighted by molar-refractivity contribution is 7.89. The van der Waals surface area contributed by atoms with Gasteiger partial charge in [-0.3, -0.25) is 5.84 Å². The maximum Gasteiger partial charge on any atom is 0.243 e. The van der Waals surface area contributed by atoms with Gasteiger partial charge in [-0.05, 0) is 32.4 Å². The molecular formula is C12H19N3O3S. The largest absolute Gasteiger partial charge is 0.376 e. The Labute approximate surface area is 113 Å². The number of para-hydroxylation sites is 1. The highest BCUT2D eigenvalue weighted by Gasteiger charge is 2.40. The van der Waals surface area contributed by atoms with Gasteiger partial charge < -0.3 is 10.2 Å². The van der Waals surface area contributed by atoms with Crippen molar-refractivity contribution in [3.8, 4) is 0 Å². The van der Waals surface area contributed by atoms with Crippen molar-refractivity contribution in [1.82, 2.24) is 4.72 Å². The van der Waals surface area contributed by atoms with Crippen LogP contribution in [0.15, 0.2) is 29.2 Å². The molecule has 6 nitrogen and oxygen atoms in total. The van der Waals surface area contributed by atoms with Crippen LogP contribution >= 0.6 is 0 Å². The molecule has 0 bridgehead atoms. The molecule has 1 aromatic carbocycles. The summed E-state index contributed by atoms with van der Waals surface area (Å²) in [5, 5.41) is 0. The molecule has 1 fully saturated rings. The van der Waals surface area contributed by atoms with E-state index >= 15 is 0 Å². The fourth-order valence-electron chi connectivity index (χ4n) is 2.15. The average Bonchev–Trinajstić information content (AvgIpc) is 2.68. The van der Waals surface area contributed by atoms with E-state index in [2.05, 4.69) is 10.1 Å². The number of benzene rings is 1. The molecule has 7 heteroatoms. The third kappa shape index (κ3) is 2.74. The maximum atomic E-state index is 12.5. The molecular weight excluding hydrogens is 266 g/mol. The fourth-order valence-corrected chi connectivity index (χ4v) is 3.82. The molecule has 1 saturated heterocycles. The Balaban J connectivity index is 2.33. The van der Waals surface area contributed by atoms with Gasteiger partial charge in [0.2, 0.25) is 10.0 Å². The number of nitrogens with two attached hydrogens (primary N) is 1. The van der Waals surface area contributed by atoms with Crippen molar-refractivity contribution in [2.75, 3.05) is 12.0 Å². The summed E-state index contributed by atoms with van der Waals surface area (Å²) in [6.07, 6.45) is 0.478. The van der Waals surface area contributed by atoms with Gasteiger partial charge in [-0.25, -0.2) is 13.1 Å². The summed E-state index contributed by atoms with van der Waals surface area (Å²) >= 11 is 0. The van der Waals surface area contributed by atoms with Gasteiger partial charge in [-0.15, -0.1) is 0 Å². The molecule has 2 rings (SSSR count). The van der Waals surface area contributed by atoms with Crippen LogP contribution < -0.4 is 16.0 Å².